The van der Waals surface area contributed by atoms with Gasteiger partial charge in [-0.1, -0.05) is 42.1 Å². The normalized spacial score (nSPS) is 16.5. The van der Waals surface area contributed by atoms with Crippen LogP contribution in [0.4, 0.5) is 0 Å². The second-order valence-electron chi connectivity index (χ2n) is 5.47. The molecule has 0 radical (unpaired) electrons. The number of carbonyl (C=O) groups excluding carboxylic acids is 1. The lowest BCUT2D eigenvalue weighted by Gasteiger charge is -2.08. The predicted molar refractivity (Wildman–Crippen MR) is 107 cm³/mol. The zero-order valence-electron chi connectivity index (χ0n) is 13.3. The van der Waals surface area contributed by atoms with E-state index in [-0.39, 0.29) is 11.7 Å². The van der Waals surface area contributed by atoms with E-state index in [9.17, 15) is 9.90 Å². The maximum atomic E-state index is 12.5. The van der Waals surface area contributed by atoms with Crippen molar-refractivity contribution in [2.24, 2.45) is 5.10 Å². The third kappa shape index (κ3) is 3.02. The first-order valence-corrected chi connectivity index (χ1v) is 8.92. The van der Waals surface area contributed by atoms with Crippen molar-refractivity contribution in [3.8, 4) is 5.75 Å². The number of phenolic OH excluding ortho intramolecular Hbond substituents is 1. The molecule has 0 saturated carbocycles. The van der Waals surface area contributed by atoms with Crippen molar-refractivity contribution < 1.29 is 14.3 Å². The molecule has 128 valence electrons. The van der Waals surface area contributed by atoms with Gasteiger partial charge < -0.3 is 9.52 Å². The first-order valence-electron chi connectivity index (χ1n) is 7.69. The summed E-state index contributed by atoms with van der Waals surface area (Å²) in [5.74, 6) is 0.331. The van der Waals surface area contributed by atoms with Crippen molar-refractivity contribution in [2.75, 3.05) is 0 Å². The molecular formula is C19H12N2O3S2. The summed E-state index contributed by atoms with van der Waals surface area (Å²) in [5, 5.41) is 17.3. The molecule has 5 nitrogen and oxygen atoms in total. The Bertz CT molecular complexity index is 1070. The number of aromatic hydroxyl groups is 1. The largest absolute Gasteiger partial charge is 0.507 e. The molecule has 0 unspecified atom stereocenters. The molecule has 1 aliphatic rings. The molecule has 7 heteroatoms. The van der Waals surface area contributed by atoms with Crippen molar-refractivity contribution in [1.29, 1.82) is 0 Å². The van der Waals surface area contributed by atoms with Gasteiger partial charge in [0.1, 0.15) is 11.5 Å². The van der Waals surface area contributed by atoms with Crippen LogP contribution in [0, 0.1) is 0 Å². The number of rotatable bonds is 3. The number of thioether (sulfide) groups is 1. The van der Waals surface area contributed by atoms with Gasteiger partial charge in [-0.2, -0.15) is 10.1 Å². The molecule has 0 bridgehead atoms. The molecule has 0 aliphatic carbocycles. The van der Waals surface area contributed by atoms with E-state index in [2.05, 4.69) is 5.10 Å². The van der Waals surface area contributed by atoms with Crippen molar-refractivity contribution in [3.63, 3.8) is 0 Å². The Morgan fingerprint density at radius 2 is 2.00 bits per heavy atom. The molecule has 1 fully saturated rings. The number of nitrogens with zero attached hydrogens (tertiary/aromatic N) is 2. The van der Waals surface area contributed by atoms with Gasteiger partial charge in [-0.05, 0) is 41.2 Å². The molecule has 0 atom stereocenters. The van der Waals surface area contributed by atoms with Gasteiger partial charge in [0.05, 0.1) is 17.4 Å². The molecule has 1 aromatic heterocycles. The van der Waals surface area contributed by atoms with Crippen molar-refractivity contribution in [1.82, 2.24) is 5.01 Å². The first-order chi connectivity index (χ1) is 12.6. The fraction of sp³-hybridized carbons (Fsp3) is 0. The summed E-state index contributed by atoms with van der Waals surface area (Å²) in [6.07, 6.45) is 4.62. The molecule has 0 spiro atoms. The van der Waals surface area contributed by atoms with Crippen molar-refractivity contribution in [2.45, 2.75) is 0 Å². The summed E-state index contributed by atoms with van der Waals surface area (Å²) >= 11 is 6.41. The molecule has 2 aromatic carbocycles. The minimum absolute atomic E-state index is 0.0871. The Morgan fingerprint density at radius 3 is 2.81 bits per heavy atom. The van der Waals surface area contributed by atoms with Crippen molar-refractivity contribution in [3.05, 3.63) is 71.0 Å². The summed E-state index contributed by atoms with van der Waals surface area (Å²) in [6.45, 7) is 0. The molecule has 3 aromatic rings. The van der Waals surface area contributed by atoms with Crippen LogP contribution in [0.5, 0.6) is 5.75 Å². The van der Waals surface area contributed by atoms with Gasteiger partial charge in [-0.25, -0.2) is 0 Å². The number of furan rings is 1. The Labute approximate surface area is 158 Å². The molecule has 4 rings (SSSR count). The van der Waals surface area contributed by atoms with E-state index in [0.717, 1.165) is 27.5 Å². The molecule has 1 N–H and O–H groups in total. The van der Waals surface area contributed by atoms with Gasteiger partial charge in [-0.3, -0.25) is 4.79 Å². The van der Waals surface area contributed by atoms with E-state index in [1.807, 2.05) is 30.3 Å². The highest BCUT2D eigenvalue weighted by Gasteiger charge is 2.32. The lowest BCUT2D eigenvalue weighted by Crippen LogP contribution is -2.22. The fourth-order valence-electron chi connectivity index (χ4n) is 2.60. The summed E-state index contributed by atoms with van der Waals surface area (Å²) in [5.41, 5.74) is 0.534. The molecule has 26 heavy (non-hydrogen) atoms. The standard InChI is InChI=1S/C19H12N2O3S2/c22-16-8-7-12-4-1-2-6-14(12)15(16)11-20-21-18(23)17(26-19(21)25)10-13-5-3-9-24-13/h1-11,22H/b17-10?,20-11+. The average Bonchev–Trinajstić information content (AvgIpc) is 3.24. The smallest absolute Gasteiger partial charge is 0.286 e. The summed E-state index contributed by atoms with van der Waals surface area (Å²) < 4.78 is 5.56. The van der Waals surface area contributed by atoms with Crippen molar-refractivity contribution >= 4 is 57.3 Å². The van der Waals surface area contributed by atoms with E-state index in [1.54, 1.807) is 24.3 Å². The molecule has 2 heterocycles. The van der Waals surface area contributed by atoms with Crippen LogP contribution < -0.4 is 0 Å². The van der Waals surface area contributed by atoms with Gasteiger partial charge in [0.25, 0.3) is 5.91 Å². The van der Waals surface area contributed by atoms with Crippen LogP contribution in [0.2, 0.25) is 0 Å². The number of fused-ring (bicyclic) bond motifs is 1. The minimum Gasteiger partial charge on any atom is -0.507 e. The van der Waals surface area contributed by atoms with Gasteiger partial charge in [-0.15, -0.1) is 0 Å². The maximum absolute atomic E-state index is 12.5. The number of carbonyl (C=O) groups is 1. The average molecular weight is 380 g/mol. The number of hydrogen-bond acceptors (Lipinski definition) is 6. The molecule has 1 saturated heterocycles. The van der Waals surface area contributed by atoms with E-state index in [1.165, 1.54) is 12.5 Å². The van der Waals surface area contributed by atoms with Crippen LogP contribution in [0.25, 0.3) is 16.8 Å². The Kier molecular flexibility index (Phi) is 4.32. The van der Waals surface area contributed by atoms with Gasteiger partial charge in [0.2, 0.25) is 0 Å². The summed E-state index contributed by atoms with van der Waals surface area (Å²) in [7, 11) is 0. The fourth-order valence-corrected chi connectivity index (χ4v) is 3.75. The van der Waals surface area contributed by atoms with Gasteiger partial charge >= 0.3 is 0 Å². The second-order valence-corrected chi connectivity index (χ2v) is 7.15. The zero-order chi connectivity index (χ0) is 18.1. The van der Waals surface area contributed by atoms with Crippen LogP contribution in [-0.2, 0) is 4.79 Å². The number of amides is 1. The van der Waals surface area contributed by atoms with Crippen LogP contribution in [-0.4, -0.2) is 26.6 Å². The highest BCUT2D eigenvalue weighted by Crippen LogP contribution is 2.33. The third-order valence-corrected chi connectivity index (χ3v) is 5.12. The minimum atomic E-state index is -0.327. The van der Waals surface area contributed by atoms with Crippen LogP contribution >= 0.6 is 24.0 Å². The lowest BCUT2D eigenvalue weighted by molar-refractivity contribution is -0.122. The van der Waals surface area contributed by atoms with Gasteiger partial charge in [0.15, 0.2) is 4.32 Å². The topological polar surface area (TPSA) is 66.0 Å². The monoisotopic (exact) mass is 380 g/mol. The number of phenols is 1. The highest BCUT2D eigenvalue weighted by atomic mass is 32.2. The Morgan fingerprint density at radius 1 is 1.15 bits per heavy atom. The number of thiocarbonyl (C=S) groups is 1. The Hall–Kier alpha value is -2.90. The molecule has 1 aliphatic heterocycles. The zero-order valence-corrected chi connectivity index (χ0v) is 15.0. The lowest BCUT2D eigenvalue weighted by atomic mass is 10.0. The first kappa shape index (κ1) is 16.6. The number of hydrazone groups is 1. The SMILES string of the molecule is O=C1C(=Cc2ccco2)SC(=S)N1/N=C/c1c(O)ccc2ccccc12. The Balaban J connectivity index is 1.66. The van der Waals surface area contributed by atoms with Crippen LogP contribution in [0.1, 0.15) is 11.3 Å². The highest BCUT2D eigenvalue weighted by molar-refractivity contribution is 8.26. The number of hydrogen-bond donors (Lipinski definition) is 1. The number of benzene rings is 2. The quantitative estimate of drug-likeness (QED) is 0.415. The molecular weight excluding hydrogens is 368 g/mol. The third-order valence-electron chi connectivity index (χ3n) is 3.84. The van der Waals surface area contributed by atoms with E-state index in [4.69, 9.17) is 16.6 Å². The predicted octanol–water partition coefficient (Wildman–Crippen LogP) is 4.37. The van der Waals surface area contributed by atoms with E-state index >= 15 is 0 Å². The van der Waals surface area contributed by atoms with Crippen LogP contribution in [0.3, 0.4) is 0 Å². The maximum Gasteiger partial charge on any atom is 0.286 e. The second kappa shape index (κ2) is 6.78. The van der Waals surface area contributed by atoms with E-state index < -0.39 is 0 Å². The van der Waals surface area contributed by atoms with E-state index in [0.29, 0.717) is 20.5 Å². The van der Waals surface area contributed by atoms with Gasteiger partial charge in [0, 0.05) is 11.6 Å². The summed E-state index contributed by atoms with van der Waals surface area (Å²) in [6, 6.07) is 14.6. The summed E-state index contributed by atoms with van der Waals surface area (Å²) in [4.78, 5) is 13.0. The molecule has 1 amide bonds. The van der Waals surface area contributed by atoms with Crippen LogP contribution in [0.15, 0.2) is 69.2 Å².